The van der Waals surface area contributed by atoms with Gasteiger partial charge < -0.3 is 21.1 Å². The van der Waals surface area contributed by atoms with E-state index in [-0.39, 0.29) is 18.6 Å². The monoisotopic (exact) mass is 507 g/mol. The van der Waals surface area contributed by atoms with E-state index in [2.05, 4.69) is 26.6 Å². The molecule has 4 N–H and O–H groups in total. The first-order chi connectivity index (χ1) is 16.0. The van der Waals surface area contributed by atoms with E-state index >= 15 is 0 Å². The third-order valence-electron chi connectivity index (χ3n) is 5.62. The molecule has 3 aromatic rings. The van der Waals surface area contributed by atoms with Crippen LogP contribution in [0.25, 0.3) is 0 Å². The molecule has 1 saturated carbocycles. The predicted molar refractivity (Wildman–Crippen MR) is 132 cm³/mol. The molecule has 1 aliphatic carbocycles. The second-order valence-corrected chi connectivity index (χ2v) is 9.12. The number of halogens is 1. The van der Waals surface area contributed by atoms with Crippen LogP contribution in [0.15, 0.2) is 83.3 Å². The summed E-state index contributed by atoms with van der Waals surface area (Å²) < 4.78 is 6.27. The molecule has 33 heavy (non-hydrogen) atoms. The van der Waals surface area contributed by atoms with Crippen molar-refractivity contribution >= 4 is 33.6 Å². The number of nitrogens with one attached hydrogen (secondary N) is 2. The Morgan fingerprint density at radius 1 is 0.970 bits per heavy atom. The molecule has 1 aliphatic rings. The number of benzene rings is 3. The summed E-state index contributed by atoms with van der Waals surface area (Å²) in [5.41, 5.74) is 9.55. The van der Waals surface area contributed by atoms with E-state index in [1.165, 1.54) is 5.56 Å². The number of ether oxygens (including phenoxy) is 1. The molecule has 1 fully saturated rings. The lowest BCUT2D eigenvalue weighted by Crippen LogP contribution is -2.45. The minimum Gasteiger partial charge on any atom is -0.445 e. The number of alkyl carbamates (subject to hydrolysis) is 1. The molecule has 7 heteroatoms. The van der Waals surface area contributed by atoms with Crippen molar-refractivity contribution in [2.75, 3.05) is 5.32 Å². The quantitative estimate of drug-likeness (QED) is 0.410. The first-order valence-corrected chi connectivity index (χ1v) is 11.7. The largest absolute Gasteiger partial charge is 0.445 e. The van der Waals surface area contributed by atoms with Crippen LogP contribution in [0.3, 0.4) is 0 Å². The van der Waals surface area contributed by atoms with E-state index in [9.17, 15) is 9.59 Å². The topological polar surface area (TPSA) is 93.5 Å². The first kappa shape index (κ1) is 23.0. The SMILES string of the molecule is NC1CC1c1ccc(NC(=O)C(Cc2ccc(Br)cc2)NC(=O)OCc2ccccc2)cc1. The van der Waals surface area contributed by atoms with Gasteiger partial charge in [-0.2, -0.15) is 0 Å². The molecule has 0 radical (unpaired) electrons. The van der Waals surface area contributed by atoms with E-state index in [4.69, 9.17) is 10.5 Å². The lowest BCUT2D eigenvalue weighted by Gasteiger charge is -2.19. The van der Waals surface area contributed by atoms with Crippen LogP contribution < -0.4 is 16.4 Å². The van der Waals surface area contributed by atoms with Crippen LogP contribution >= 0.6 is 15.9 Å². The highest BCUT2D eigenvalue weighted by Gasteiger charge is 2.34. The van der Waals surface area contributed by atoms with E-state index in [1.54, 1.807) is 0 Å². The molecule has 0 bridgehead atoms. The van der Waals surface area contributed by atoms with Gasteiger partial charge in [-0.1, -0.05) is 70.5 Å². The molecule has 4 rings (SSSR count). The number of hydrogen-bond donors (Lipinski definition) is 3. The molecule has 0 spiro atoms. The summed E-state index contributed by atoms with van der Waals surface area (Å²) in [6.45, 7) is 0.129. The van der Waals surface area contributed by atoms with Crippen LogP contribution in [-0.2, 0) is 22.6 Å². The summed E-state index contributed by atoms with van der Waals surface area (Å²) in [5, 5.41) is 5.62. The molecule has 3 unspecified atom stereocenters. The summed E-state index contributed by atoms with van der Waals surface area (Å²) in [4.78, 5) is 25.5. The van der Waals surface area contributed by atoms with Gasteiger partial charge in [0.25, 0.3) is 0 Å². The van der Waals surface area contributed by atoms with Gasteiger partial charge >= 0.3 is 6.09 Å². The van der Waals surface area contributed by atoms with Crippen LogP contribution in [0.4, 0.5) is 10.5 Å². The van der Waals surface area contributed by atoms with Crippen molar-refractivity contribution in [2.24, 2.45) is 5.73 Å². The van der Waals surface area contributed by atoms with Gasteiger partial charge in [0.15, 0.2) is 0 Å². The van der Waals surface area contributed by atoms with E-state index in [1.807, 2.05) is 78.9 Å². The highest BCUT2D eigenvalue weighted by molar-refractivity contribution is 9.10. The molecule has 0 saturated heterocycles. The van der Waals surface area contributed by atoms with Gasteiger partial charge in [-0.25, -0.2) is 4.79 Å². The summed E-state index contributed by atoms with van der Waals surface area (Å²) in [6.07, 6.45) is 0.680. The number of nitrogens with two attached hydrogens (primary N) is 1. The van der Waals surface area contributed by atoms with E-state index in [0.717, 1.165) is 22.0 Å². The van der Waals surface area contributed by atoms with E-state index in [0.29, 0.717) is 18.0 Å². The van der Waals surface area contributed by atoms with E-state index < -0.39 is 12.1 Å². The van der Waals surface area contributed by atoms with Gasteiger partial charge in [0, 0.05) is 28.5 Å². The maximum absolute atomic E-state index is 13.1. The second-order valence-electron chi connectivity index (χ2n) is 8.21. The van der Waals surface area contributed by atoms with Crippen LogP contribution in [-0.4, -0.2) is 24.1 Å². The molecular weight excluding hydrogens is 482 g/mol. The number of anilines is 1. The molecule has 170 valence electrons. The highest BCUT2D eigenvalue weighted by Crippen LogP contribution is 2.39. The lowest BCUT2D eigenvalue weighted by molar-refractivity contribution is -0.118. The number of hydrogen-bond acceptors (Lipinski definition) is 4. The van der Waals surface area contributed by atoms with Gasteiger partial charge in [0.05, 0.1) is 0 Å². The summed E-state index contributed by atoms with van der Waals surface area (Å²) in [5.74, 6) is 0.0893. The fourth-order valence-corrected chi connectivity index (χ4v) is 3.88. The Labute approximate surface area is 201 Å². The lowest BCUT2D eigenvalue weighted by atomic mass is 10.0. The molecule has 0 aliphatic heterocycles. The fraction of sp³-hybridized carbons (Fsp3) is 0.231. The number of carbonyl (C=O) groups is 2. The van der Waals surface area contributed by atoms with Gasteiger partial charge in [0.1, 0.15) is 12.6 Å². The maximum atomic E-state index is 13.1. The van der Waals surface area contributed by atoms with Crippen molar-refractivity contribution in [1.82, 2.24) is 5.32 Å². The minimum absolute atomic E-state index is 0.129. The zero-order valence-corrected chi connectivity index (χ0v) is 19.6. The van der Waals surface area contributed by atoms with Crippen LogP contribution in [0.2, 0.25) is 0 Å². The van der Waals surface area contributed by atoms with Crippen molar-refractivity contribution in [3.63, 3.8) is 0 Å². The summed E-state index contributed by atoms with van der Waals surface area (Å²) in [6, 6.07) is 24.1. The van der Waals surface area contributed by atoms with Crippen molar-refractivity contribution in [2.45, 2.75) is 37.5 Å². The van der Waals surface area contributed by atoms with Crippen molar-refractivity contribution in [3.05, 3.63) is 100 Å². The standard InChI is InChI=1S/C26H26BrN3O3/c27-20-10-6-17(7-11-20)14-24(30-26(32)33-16-18-4-2-1-3-5-18)25(31)29-21-12-8-19(9-13-21)22-15-23(22)28/h1-13,22-24H,14-16,28H2,(H,29,31)(H,30,32). The van der Waals surface area contributed by atoms with Gasteiger partial charge in [-0.05, 0) is 47.4 Å². The average molecular weight is 508 g/mol. The van der Waals surface area contributed by atoms with Crippen molar-refractivity contribution in [3.8, 4) is 0 Å². The fourth-order valence-electron chi connectivity index (χ4n) is 3.61. The molecule has 3 aromatic carbocycles. The average Bonchev–Trinajstić information content (AvgIpc) is 3.56. The van der Waals surface area contributed by atoms with Gasteiger partial charge in [0.2, 0.25) is 5.91 Å². The van der Waals surface area contributed by atoms with Crippen LogP contribution in [0, 0.1) is 0 Å². The Hall–Kier alpha value is -3.16. The number of carbonyl (C=O) groups excluding carboxylic acids is 2. The second kappa shape index (κ2) is 10.6. The smallest absolute Gasteiger partial charge is 0.408 e. The third kappa shape index (κ3) is 6.66. The molecule has 6 nitrogen and oxygen atoms in total. The van der Waals surface area contributed by atoms with Gasteiger partial charge in [-0.15, -0.1) is 0 Å². The third-order valence-corrected chi connectivity index (χ3v) is 6.15. The predicted octanol–water partition coefficient (Wildman–Crippen LogP) is 4.74. The Bertz CT molecular complexity index is 1090. The zero-order valence-electron chi connectivity index (χ0n) is 18.0. The number of amides is 2. The summed E-state index contributed by atoms with van der Waals surface area (Å²) in [7, 11) is 0. The maximum Gasteiger partial charge on any atom is 0.408 e. The Kier molecular flexibility index (Phi) is 7.42. The Morgan fingerprint density at radius 2 is 1.64 bits per heavy atom. The Morgan fingerprint density at radius 3 is 2.27 bits per heavy atom. The van der Waals surface area contributed by atoms with Crippen LogP contribution in [0.5, 0.6) is 0 Å². The molecular formula is C26H26BrN3O3. The highest BCUT2D eigenvalue weighted by atomic mass is 79.9. The van der Waals surface area contributed by atoms with Crippen molar-refractivity contribution in [1.29, 1.82) is 0 Å². The summed E-state index contributed by atoms with van der Waals surface area (Å²) >= 11 is 3.42. The molecule has 2 amide bonds. The van der Waals surface area contributed by atoms with Gasteiger partial charge in [-0.3, -0.25) is 4.79 Å². The zero-order chi connectivity index (χ0) is 23.2. The Balaban J connectivity index is 1.41. The molecule has 0 heterocycles. The van der Waals surface area contributed by atoms with Crippen molar-refractivity contribution < 1.29 is 14.3 Å². The molecule has 0 aromatic heterocycles. The normalized spacial score (nSPS) is 17.6. The minimum atomic E-state index is -0.800. The number of rotatable bonds is 8. The molecule has 3 atom stereocenters. The first-order valence-electron chi connectivity index (χ1n) is 10.9. The van der Waals surface area contributed by atoms with Crippen LogP contribution in [0.1, 0.15) is 29.0 Å².